The molecule has 154 valence electrons. The molecule has 0 aromatic heterocycles. The second kappa shape index (κ2) is 9.82. The van der Waals surface area contributed by atoms with E-state index in [1.807, 2.05) is 44.2 Å². The molecule has 0 spiro atoms. The molecule has 2 aromatic rings. The van der Waals surface area contributed by atoms with Crippen molar-refractivity contribution in [3.05, 3.63) is 48.0 Å². The maximum Gasteiger partial charge on any atom is 0.266 e. The van der Waals surface area contributed by atoms with Crippen LogP contribution in [0.5, 0.6) is 17.2 Å². The molecule has 1 aliphatic heterocycles. The van der Waals surface area contributed by atoms with Crippen LogP contribution in [-0.2, 0) is 16.0 Å². The van der Waals surface area contributed by atoms with Crippen LogP contribution in [0.25, 0.3) is 0 Å². The average molecular weight is 398 g/mol. The van der Waals surface area contributed by atoms with E-state index in [4.69, 9.17) is 14.2 Å². The van der Waals surface area contributed by atoms with Crippen molar-refractivity contribution < 1.29 is 23.8 Å². The summed E-state index contributed by atoms with van der Waals surface area (Å²) in [6.07, 6.45) is -0.230. The Morgan fingerprint density at radius 2 is 1.86 bits per heavy atom. The monoisotopic (exact) mass is 398 g/mol. The first-order valence-corrected chi connectivity index (χ1v) is 9.82. The second-order valence-corrected chi connectivity index (χ2v) is 6.54. The minimum absolute atomic E-state index is 0.0341. The molecule has 3 rings (SSSR count). The van der Waals surface area contributed by atoms with Crippen LogP contribution in [0.15, 0.2) is 42.5 Å². The number of ether oxygens (including phenoxy) is 3. The molecule has 0 radical (unpaired) electrons. The van der Waals surface area contributed by atoms with Crippen LogP contribution in [0.2, 0.25) is 0 Å². The minimum Gasteiger partial charge on any atom is -0.490 e. The fourth-order valence-corrected chi connectivity index (χ4v) is 3.06. The summed E-state index contributed by atoms with van der Waals surface area (Å²) in [5.74, 6) is 1.43. The Morgan fingerprint density at radius 1 is 1.10 bits per heavy atom. The zero-order chi connectivity index (χ0) is 20.6. The predicted molar refractivity (Wildman–Crippen MR) is 110 cm³/mol. The molecule has 7 nitrogen and oxygen atoms in total. The maximum absolute atomic E-state index is 12.3. The van der Waals surface area contributed by atoms with Gasteiger partial charge in [-0.1, -0.05) is 18.2 Å². The van der Waals surface area contributed by atoms with Gasteiger partial charge in [-0.3, -0.25) is 9.59 Å². The van der Waals surface area contributed by atoms with Gasteiger partial charge in [0, 0.05) is 6.54 Å². The molecule has 2 N–H and O–H groups in total. The fourth-order valence-electron chi connectivity index (χ4n) is 3.06. The van der Waals surface area contributed by atoms with Crippen molar-refractivity contribution >= 4 is 17.5 Å². The van der Waals surface area contributed by atoms with E-state index in [0.29, 0.717) is 49.1 Å². The number of hydrogen-bond donors (Lipinski definition) is 2. The van der Waals surface area contributed by atoms with Gasteiger partial charge in [-0.15, -0.1) is 0 Å². The van der Waals surface area contributed by atoms with Gasteiger partial charge in [-0.2, -0.15) is 0 Å². The summed E-state index contributed by atoms with van der Waals surface area (Å²) in [5.41, 5.74) is 1.65. The highest BCUT2D eigenvalue weighted by Gasteiger charge is 2.29. The van der Waals surface area contributed by atoms with E-state index in [0.717, 1.165) is 5.56 Å². The molecule has 0 saturated carbocycles. The number of carbonyl (C=O) groups is 2. The van der Waals surface area contributed by atoms with Crippen LogP contribution in [0.1, 0.15) is 25.8 Å². The number of carbonyl (C=O) groups excluding carboxylic acids is 2. The summed E-state index contributed by atoms with van der Waals surface area (Å²) >= 11 is 0. The number of hydrogen-bond acceptors (Lipinski definition) is 5. The molecule has 7 heteroatoms. The minimum atomic E-state index is -0.833. The lowest BCUT2D eigenvalue weighted by Gasteiger charge is -2.25. The first-order valence-electron chi connectivity index (χ1n) is 9.82. The van der Waals surface area contributed by atoms with Gasteiger partial charge >= 0.3 is 0 Å². The van der Waals surface area contributed by atoms with E-state index >= 15 is 0 Å². The van der Waals surface area contributed by atoms with E-state index < -0.39 is 6.10 Å². The van der Waals surface area contributed by atoms with Crippen molar-refractivity contribution in [2.24, 2.45) is 0 Å². The Morgan fingerprint density at radius 3 is 2.66 bits per heavy atom. The summed E-state index contributed by atoms with van der Waals surface area (Å²) in [5, 5.41) is 5.60. The normalized spacial score (nSPS) is 15.0. The van der Waals surface area contributed by atoms with E-state index in [9.17, 15) is 9.59 Å². The highest BCUT2D eigenvalue weighted by Crippen LogP contribution is 2.30. The summed E-state index contributed by atoms with van der Waals surface area (Å²) in [7, 11) is 0. The lowest BCUT2D eigenvalue weighted by atomic mass is 10.1. The van der Waals surface area contributed by atoms with Gasteiger partial charge in [0.25, 0.3) is 5.91 Å². The zero-order valence-electron chi connectivity index (χ0n) is 16.7. The molecule has 1 aliphatic rings. The summed E-state index contributed by atoms with van der Waals surface area (Å²) < 4.78 is 16.8. The van der Waals surface area contributed by atoms with Gasteiger partial charge in [0.1, 0.15) is 5.75 Å². The second-order valence-electron chi connectivity index (χ2n) is 6.54. The highest BCUT2D eigenvalue weighted by molar-refractivity contribution is 5.99. The molecule has 1 unspecified atom stereocenters. The highest BCUT2D eigenvalue weighted by atomic mass is 16.5. The largest absolute Gasteiger partial charge is 0.490 e. The smallest absolute Gasteiger partial charge is 0.266 e. The number of benzene rings is 2. The van der Waals surface area contributed by atoms with Crippen molar-refractivity contribution in [3.63, 3.8) is 0 Å². The standard InChI is InChI=1S/C22H26N2O5/c1-3-27-18-10-9-15(13-19(18)28-4-2)11-12-23-21(25)14-20-22(26)24-16-7-5-6-8-17(16)29-20/h5-10,13,20H,3-4,11-12,14H2,1-2H3,(H,23,25)(H,24,26). The fraction of sp³-hybridized carbons (Fsp3) is 0.364. The SMILES string of the molecule is CCOc1ccc(CCNC(=O)CC2Oc3ccccc3NC2=O)cc1OCC. The first-order chi connectivity index (χ1) is 14.1. The van der Waals surface area contributed by atoms with Gasteiger partial charge < -0.3 is 24.8 Å². The quantitative estimate of drug-likeness (QED) is 0.678. The Kier molecular flexibility index (Phi) is 6.94. The molecule has 1 atom stereocenters. The molecule has 2 aromatic carbocycles. The van der Waals surface area contributed by atoms with E-state index in [1.165, 1.54) is 0 Å². The lowest BCUT2D eigenvalue weighted by Crippen LogP contribution is -2.41. The van der Waals surface area contributed by atoms with Gasteiger partial charge in [0.2, 0.25) is 5.91 Å². The van der Waals surface area contributed by atoms with Gasteiger partial charge in [-0.05, 0) is 50.1 Å². The van der Waals surface area contributed by atoms with E-state index in [1.54, 1.807) is 12.1 Å². The van der Waals surface area contributed by atoms with Crippen LogP contribution in [-0.4, -0.2) is 37.7 Å². The summed E-state index contributed by atoms with van der Waals surface area (Å²) in [4.78, 5) is 24.4. The molecule has 2 amide bonds. The third kappa shape index (κ3) is 5.40. The van der Waals surface area contributed by atoms with Crippen molar-refractivity contribution in [2.45, 2.75) is 32.8 Å². The third-order valence-corrected chi connectivity index (χ3v) is 4.42. The Hall–Kier alpha value is -3.22. The Bertz CT molecular complexity index is 868. The maximum atomic E-state index is 12.3. The molecule has 0 fully saturated rings. The number of rotatable bonds is 9. The number of amides is 2. The molecule has 0 saturated heterocycles. The van der Waals surface area contributed by atoms with Crippen LogP contribution >= 0.6 is 0 Å². The molecular weight excluding hydrogens is 372 g/mol. The molecule has 0 bridgehead atoms. The summed E-state index contributed by atoms with van der Waals surface area (Å²) in [6.45, 7) is 5.41. The van der Waals surface area contributed by atoms with Gasteiger partial charge in [0.15, 0.2) is 17.6 Å². The lowest BCUT2D eigenvalue weighted by molar-refractivity contribution is -0.130. The number of fused-ring (bicyclic) bond motifs is 1. The number of para-hydroxylation sites is 2. The molecular formula is C22H26N2O5. The topological polar surface area (TPSA) is 85.9 Å². The molecule has 29 heavy (non-hydrogen) atoms. The van der Waals surface area contributed by atoms with Crippen LogP contribution in [0.3, 0.4) is 0 Å². The third-order valence-electron chi connectivity index (χ3n) is 4.42. The van der Waals surface area contributed by atoms with Crippen molar-refractivity contribution in [3.8, 4) is 17.2 Å². The molecule has 1 heterocycles. The summed E-state index contributed by atoms with van der Waals surface area (Å²) in [6, 6.07) is 12.9. The van der Waals surface area contributed by atoms with Gasteiger partial charge in [0.05, 0.1) is 25.3 Å². The number of anilines is 1. The molecule has 0 aliphatic carbocycles. The van der Waals surface area contributed by atoms with Crippen molar-refractivity contribution in [2.75, 3.05) is 25.1 Å². The Balaban J connectivity index is 1.50. The van der Waals surface area contributed by atoms with Gasteiger partial charge in [-0.25, -0.2) is 0 Å². The first kappa shape index (κ1) is 20.5. The predicted octanol–water partition coefficient (Wildman–Crippen LogP) is 2.93. The van der Waals surface area contributed by atoms with E-state index in [-0.39, 0.29) is 18.2 Å². The van der Waals surface area contributed by atoms with Crippen molar-refractivity contribution in [1.29, 1.82) is 0 Å². The number of nitrogens with one attached hydrogen (secondary N) is 2. The van der Waals surface area contributed by atoms with Crippen LogP contribution < -0.4 is 24.8 Å². The average Bonchev–Trinajstić information content (AvgIpc) is 2.71. The van der Waals surface area contributed by atoms with Crippen LogP contribution in [0, 0.1) is 0 Å². The van der Waals surface area contributed by atoms with Crippen LogP contribution in [0.4, 0.5) is 5.69 Å². The Labute approximate surface area is 170 Å². The van der Waals surface area contributed by atoms with Crippen molar-refractivity contribution in [1.82, 2.24) is 5.32 Å². The van der Waals surface area contributed by atoms with E-state index in [2.05, 4.69) is 10.6 Å². The zero-order valence-corrected chi connectivity index (χ0v) is 16.7.